The van der Waals surface area contributed by atoms with Crippen molar-refractivity contribution < 1.29 is 14.3 Å². The SMILES string of the molecule is COc1ccc(OC)c(C(C)NC(=O)Cn2nnc(Cc3ccc(C)cc3)n2)c1. The Morgan fingerprint density at radius 1 is 1.14 bits per heavy atom. The van der Waals surface area contributed by atoms with E-state index in [1.165, 1.54) is 10.4 Å². The van der Waals surface area contributed by atoms with Crippen molar-refractivity contribution in [3.63, 3.8) is 0 Å². The van der Waals surface area contributed by atoms with Crippen LogP contribution in [0, 0.1) is 6.92 Å². The summed E-state index contributed by atoms with van der Waals surface area (Å²) >= 11 is 0. The highest BCUT2D eigenvalue weighted by Gasteiger charge is 2.16. The number of ether oxygens (including phenoxy) is 2. The molecule has 1 aromatic heterocycles. The number of methoxy groups -OCH3 is 2. The Labute approximate surface area is 169 Å². The zero-order valence-electron chi connectivity index (χ0n) is 17.0. The van der Waals surface area contributed by atoms with E-state index in [0.29, 0.717) is 23.7 Å². The molecule has 1 amide bonds. The maximum absolute atomic E-state index is 12.4. The second-order valence-electron chi connectivity index (χ2n) is 6.80. The number of benzene rings is 2. The van der Waals surface area contributed by atoms with Crippen LogP contribution < -0.4 is 14.8 Å². The topological polar surface area (TPSA) is 91.2 Å². The van der Waals surface area contributed by atoms with Crippen LogP contribution in [0.4, 0.5) is 0 Å². The molecule has 1 heterocycles. The second kappa shape index (κ2) is 9.18. The summed E-state index contributed by atoms with van der Waals surface area (Å²) in [5, 5.41) is 15.3. The molecule has 0 spiro atoms. The van der Waals surface area contributed by atoms with Gasteiger partial charge in [-0.2, -0.15) is 4.80 Å². The van der Waals surface area contributed by atoms with Crippen molar-refractivity contribution in [2.45, 2.75) is 32.9 Å². The molecule has 1 unspecified atom stereocenters. The monoisotopic (exact) mass is 395 g/mol. The van der Waals surface area contributed by atoms with Crippen molar-refractivity contribution in [1.82, 2.24) is 25.5 Å². The summed E-state index contributed by atoms with van der Waals surface area (Å²) < 4.78 is 10.6. The van der Waals surface area contributed by atoms with Crippen LogP contribution in [0.2, 0.25) is 0 Å². The van der Waals surface area contributed by atoms with Crippen molar-refractivity contribution in [3.05, 3.63) is 65.0 Å². The largest absolute Gasteiger partial charge is 0.497 e. The zero-order chi connectivity index (χ0) is 20.8. The van der Waals surface area contributed by atoms with Gasteiger partial charge in [0.15, 0.2) is 5.82 Å². The number of rotatable bonds is 8. The molecule has 1 N–H and O–H groups in total. The lowest BCUT2D eigenvalue weighted by Crippen LogP contribution is -2.31. The van der Waals surface area contributed by atoms with Gasteiger partial charge >= 0.3 is 0 Å². The third-order valence-corrected chi connectivity index (χ3v) is 4.54. The summed E-state index contributed by atoms with van der Waals surface area (Å²) in [7, 11) is 3.19. The number of aryl methyl sites for hydroxylation is 1. The van der Waals surface area contributed by atoms with Gasteiger partial charge in [0.2, 0.25) is 5.91 Å². The average molecular weight is 395 g/mol. The first kappa shape index (κ1) is 20.3. The van der Waals surface area contributed by atoms with E-state index >= 15 is 0 Å². The van der Waals surface area contributed by atoms with Gasteiger partial charge < -0.3 is 14.8 Å². The predicted molar refractivity (Wildman–Crippen MR) is 108 cm³/mol. The van der Waals surface area contributed by atoms with Crippen molar-refractivity contribution in [2.24, 2.45) is 0 Å². The smallest absolute Gasteiger partial charge is 0.244 e. The lowest BCUT2D eigenvalue weighted by molar-refractivity contribution is -0.122. The number of tetrazole rings is 1. The Bertz CT molecular complexity index is 969. The molecule has 8 heteroatoms. The average Bonchev–Trinajstić information content (AvgIpc) is 3.15. The Morgan fingerprint density at radius 3 is 2.59 bits per heavy atom. The first-order valence-corrected chi connectivity index (χ1v) is 9.32. The molecule has 0 radical (unpaired) electrons. The summed E-state index contributed by atoms with van der Waals surface area (Å²) in [6.45, 7) is 3.91. The number of nitrogens with zero attached hydrogens (tertiary/aromatic N) is 4. The van der Waals surface area contributed by atoms with E-state index in [1.807, 2.05) is 56.3 Å². The summed E-state index contributed by atoms with van der Waals surface area (Å²) in [6.07, 6.45) is 0.569. The molecule has 29 heavy (non-hydrogen) atoms. The van der Waals surface area contributed by atoms with E-state index in [4.69, 9.17) is 9.47 Å². The van der Waals surface area contributed by atoms with Crippen molar-refractivity contribution in [3.8, 4) is 11.5 Å². The highest BCUT2D eigenvalue weighted by molar-refractivity contribution is 5.76. The molecule has 152 valence electrons. The molecule has 3 rings (SSSR count). The molecule has 3 aromatic rings. The van der Waals surface area contributed by atoms with Gasteiger partial charge in [-0.15, -0.1) is 10.2 Å². The van der Waals surface area contributed by atoms with Crippen LogP contribution in [-0.4, -0.2) is 40.3 Å². The van der Waals surface area contributed by atoms with Gasteiger partial charge in [0.1, 0.15) is 18.0 Å². The third-order valence-electron chi connectivity index (χ3n) is 4.54. The number of hydrogen-bond donors (Lipinski definition) is 1. The van der Waals surface area contributed by atoms with Crippen LogP contribution in [0.1, 0.15) is 35.5 Å². The third kappa shape index (κ3) is 5.31. The Morgan fingerprint density at radius 2 is 1.90 bits per heavy atom. The summed E-state index contributed by atoms with van der Waals surface area (Å²) in [6, 6.07) is 13.3. The van der Waals surface area contributed by atoms with E-state index in [-0.39, 0.29) is 18.5 Å². The molecular weight excluding hydrogens is 370 g/mol. The maximum atomic E-state index is 12.4. The van der Waals surface area contributed by atoms with Crippen LogP contribution in [0.25, 0.3) is 0 Å². The molecule has 0 aliphatic carbocycles. The number of nitrogens with one attached hydrogen (secondary N) is 1. The molecule has 2 aromatic carbocycles. The predicted octanol–water partition coefficient (Wildman–Crippen LogP) is 2.47. The molecule has 0 saturated heterocycles. The molecule has 0 aliphatic heterocycles. The lowest BCUT2D eigenvalue weighted by atomic mass is 10.1. The molecule has 0 bridgehead atoms. The second-order valence-corrected chi connectivity index (χ2v) is 6.80. The zero-order valence-corrected chi connectivity index (χ0v) is 17.0. The summed E-state index contributed by atoms with van der Waals surface area (Å²) in [4.78, 5) is 13.7. The number of aromatic nitrogens is 4. The van der Waals surface area contributed by atoms with Crippen LogP contribution in [0.3, 0.4) is 0 Å². The maximum Gasteiger partial charge on any atom is 0.244 e. The van der Waals surface area contributed by atoms with Crippen LogP contribution in [-0.2, 0) is 17.8 Å². The van der Waals surface area contributed by atoms with E-state index in [2.05, 4.69) is 20.7 Å². The highest BCUT2D eigenvalue weighted by atomic mass is 16.5. The lowest BCUT2D eigenvalue weighted by Gasteiger charge is -2.18. The fourth-order valence-electron chi connectivity index (χ4n) is 2.97. The molecule has 0 saturated carbocycles. The number of amides is 1. The molecule has 0 aliphatic rings. The summed E-state index contributed by atoms with van der Waals surface area (Å²) in [5.74, 6) is 1.73. The van der Waals surface area contributed by atoms with Gasteiger partial charge in [-0.3, -0.25) is 4.79 Å². The number of carbonyl (C=O) groups excluding carboxylic acids is 1. The van der Waals surface area contributed by atoms with E-state index in [1.54, 1.807) is 14.2 Å². The highest BCUT2D eigenvalue weighted by Crippen LogP contribution is 2.29. The fourth-order valence-corrected chi connectivity index (χ4v) is 2.97. The van der Waals surface area contributed by atoms with Crippen molar-refractivity contribution in [2.75, 3.05) is 14.2 Å². The Balaban J connectivity index is 1.61. The fraction of sp³-hybridized carbons (Fsp3) is 0.333. The molecular formula is C21H25N5O3. The van der Waals surface area contributed by atoms with Crippen molar-refractivity contribution >= 4 is 5.91 Å². The van der Waals surface area contributed by atoms with Crippen LogP contribution in [0.5, 0.6) is 11.5 Å². The first-order chi connectivity index (χ1) is 14.0. The molecule has 1 atom stereocenters. The van der Waals surface area contributed by atoms with Gasteiger partial charge in [0.05, 0.1) is 20.3 Å². The number of hydrogen-bond acceptors (Lipinski definition) is 6. The van der Waals surface area contributed by atoms with Crippen LogP contribution in [0.15, 0.2) is 42.5 Å². The van der Waals surface area contributed by atoms with E-state index < -0.39 is 0 Å². The standard InChI is InChI=1S/C21H25N5O3/c1-14-5-7-16(8-6-14)11-20-23-25-26(24-20)13-21(27)22-15(2)18-12-17(28-3)9-10-19(18)29-4/h5-10,12,15H,11,13H2,1-4H3,(H,22,27). The van der Waals surface area contributed by atoms with E-state index in [9.17, 15) is 4.79 Å². The van der Waals surface area contributed by atoms with Crippen LogP contribution >= 0.6 is 0 Å². The Kier molecular flexibility index (Phi) is 6.43. The molecule has 0 fully saturated rings. The van der Waals surface area contributed by atoms with Gasteiger partial charge in [-0.1, -0.05) is 29.8 Å². The normalized spacial score (nSPS) is 11.7. The number of carbonyl (C=O) groups is 1. The van der Waals surface area contributed by atoms with E-state index in [0.717, 1.165) is 11.1 Å². The van der Waals surface area contributed by atoms with Gasteiger partial charge in [0.25, 0.3) is 0 Å². The van der Waals surface area contributed by atoms with Gasteiger partial charge in [-0.05, 0) is 42.8 Å². The summed E-state index contributed by atoms with van der Waals surface area (Å²) in [5.41, 5.74) is 3.12. The molecule has 8 nitrogen and oxygen atoms in total. The minimum absolute atomic E-state index is 0.0163. The minimum atomic E-state index is -0.275. The first-order valence-electron chi connectivity index (χ1n) is 9.32. The quantitative estimate of drug-likeness (QED) is 0.630. The minimum Gasteiger partial charge on any atom is -0.497 e. The van der Waals surface area contributed by atoms with Gasteiger partial charge in [-0.25, -0.2) is 0 Å². The Hall–Kier alpha value is -3.42. The van der Waals surface area contributed by atoms with Gasteiger partial charge in [0, 0.05) is 12.0 Å². The van der Waals surface area contributed by atoms with Crippen molar-refractivity contribution in [1.29, 1.82) is 0 Å².